The number of amides is 1. The smallest absolute Gasteiger partial charge is 0.250 e. The molecule has 1 aliphatic carbocycles. The van der Waals surface area contributed by atoms with Crippen molar-refractivity contribution < 1.29 is 14.6 Å². The molecule has 1 saturated heterocycles. The molecular weight excluding hydrogens is 256 g/mol. The fraction of sp³-hybridized carbons (Fsp3) is 0.933. The average Bonchev–Trinajstić information content (AvgIpc) is 2.72. The second kappa shape index (κ2) is 7.96. The molecule has 3 atom stereocenters. The van der Waals surface area contributed by atoms with Crippen LogP contribution in [-0.2, 0) is 9.53 Å². The number of nitrogens with zero attached hydrogens (tertiary/aromatic N) is 1. The molecule has 0 spiro atoms. The molecule has 2 aliphatic rings. The van der Waals surface area contributed by atoms with Crippen LogP contribution in [0.4, 0.5) is 0 Å². The van der Waals surface area contributed by atoms with Crippen LogP contribution in [0.3, 0.4) is 0 Å². The highest BCUT2D eigenvalue weighted by molar-refractivity contribution is 5.81. The predicted octanol–water partition coefficient (Wildman–Crippen LogP) is 0.764. The lowest BCUT2D eigenvalue weighted by Gasteiger charge is -2.33. The molecule has 3 unspecified atom stereocenters. The molecule has 20 heavy (non-hydrogen) atoms. The zero-order valence-corrected chi connectivity index (χ0v) is 12.5. The minimum absolute atomic E-state index is 0.00602. The van der Waals surface area contributed by atoms with Crippen LogP contribution in [0.5, 0.6) is 0 Å². The van der Waals surface area contributed by atoms with E-state index in [0.29, 0.717) is 13.2 Å². The van der Waals surface area contributed by atoms with Crippen molar-refractivity contribution in [3.8, 4) is 0 Å². The number of hydrogen-bond acceptors (Lipinski definition) is 4. The number of rotatable bonds is 4. The minimum atomic E-state index is -0.355. The Hall–Kier alpha value is -0.650. The summed E-state index contributed by atoms with van der Waals surface area (Å²) in [4.78, 5) is 14.6. The Bertz CT molecular complexity index is 311. The van der Waals surface area contributed by atoms with Gasteiger partial charge in [-0.3, -0.25) is 9.69 Å². The van der Waals surface area contributed by atoms with Gasteiger partial charge in [0.05, 0.1) is 6.61 Å². The molecule has 1 aliphatic heterocycles. The van der Waals surface area contributed by atoms with E-state index >= 15 is 0 Å². The van der Waals surface area contributed by atoms with Crippen LogP contribution in [0, 0.1) is 5.92 Å². The molecule has 2 fully saturated rings. The van der Waals surface area contributed by atoms with Crippen LogP contribution in [0.1, 0.15) is 39.0 Å². The van der Waals surface area contributed by atoms with E-state index in [9.17, 15) is 9.90 Å². The Balaban J connectivity index is 1.88. The maximum absolute atomic E-state index is 12.4. The van der Waals surface area contributed by atoms with Crippen molar-refractivity contribution in [2.45, 2.75) is 51.2 Å². The highest BCUT2D eigenvalue weighted by Crippen LogP contribution is 2.23. The lowest BCUT2D eigenvalue weighted by atomic mass is 9.95. The van der Waals surface area contributed by atoms with Crippen LogP contribution in [-0.4, -0.2) is 60.9 Å². The van der Waals surface area contributed by atoms with Gasteiger partial charge in [0.2, 0.25) is 0 Å². The summed E-state index contributed by atoms with van der Waals surface area (Å²) in [6.07, 6.45) is 5.11. The van der Waals surface area contributed by atoms with Crippen LogP contribution in [0.2, 0.25) is 0 Å². The summed E-state index contributed by atoms with van der Waals surface area (Å²) in [5, 5.41) is 12.6. The van der Waals surface area contributed by atoms with E-state index in [1.54, 1.807) is 0 Å². The lowest BCUT2D eigenvalue weighted by molar-refractivity contribution is -0.139. The zero-order chi connectivity index (χ0) is 14.4. The van der Waals surface area contributed by atoms with E-state index in [1.807, 2.05) is 0 Å². The number of hydrogen-bond donors (Lipinski definition) is 2. The van der Waals surface area contributed by atoms with Crippen LogP contribution in [0.15, 0.2) is 0 Å². The molecule has 0 radical (unpaired) electrons. The fourth-order valence-electron chi connectivity index (χ4n) is 3.22. The molecular formula is C15H28N2O3. The van der Waals surface area contributed by atoms with E-state index in [4.69, 9.17) is 4.74 Å². The zero-order valence-electron chi connectivity index (χ0n) is 12.5. The van der Waals surface area contributed by atoms with Gasteiger partial charge in [0.25, 0.3) is 5.91 Å². The van der Waals surface area contributed by atoms with Gasteiger partial charge in [0.1, 0.15) is 6.10 Å². The van der Waals surface area contributed by atoms with Crippen LogP contribution in [0.25, 0.3) is 0 Å². The summed E-state index contributed by atoms with van der Waals surface area (Å²) in [6, 6.07) is 0.107. The maximum Gasteiger partial charge on any atom is 0.250 e. The van der Waals surface area contributed by atoms with Crippen molar-refractivity contribution in [2.75, 3.05) is 32.8 Å². The second-order valence-electron chi connectivity index (χ2n) is 5.95. The van der Waals surface area contributed by atoms with Gasteiger partial charge < -0.3 is 15.2 Å². The molecule has 5 nitrogen and oxygen atoms in total. The summed E-state index contributed by atoms with van der Waals surface area (Å²) >= 11 is 0. The Kier molecular flexibility index (Phi) is 6.26. The number of aliphatic hydroxyl groups excluding tert-OH is 1. The average molecular weight is 284 g/mol. The third-order valence-corrected chi connectivity index (χ3v) is 4.61. The molecule has 0 aromatic heterocycles. The van der Waals surface area contributed by atoms with E-state index in [-0.39, 0.29) is 30.6 Å². The third kappa shape index (κ3) is 4.17. The molecule has 2 N–H and O–H groups in total. The summed E-state index contributed by atoms with van der Waals surface area (Å²) < 4.78 is 5.60. The first-order valence-electron chi connectivity index (χ1n) is 7.99. The Morgan fingerprint density at radius 1 is 1.35 bits per heavy atom. The van der Waals surface area contributed by atoms with Crippen molar-refractivity contribution in [3.05, 3.63) is 0 Å². The van der Waals surface area contributed by atoms with Gasteiger partial charge in [-0.2, -0.15) is 0 Å². The first-order chi connectivity index (χ1) is 9.74. The number of likely N-dealkylation sites (N-methyl/N-ethyl adjacent to an activating group) is 1. The topological polar surface area (TPSA) is 61.8 Å². The van der Waals surface area contributed by atoms with Gasteiger partial charge in [0, 0.05) is 31.7 Å². The SMILES string of the molecule is CCN1CCOC(C(=O)NC2CCCCCC2CO)C1. The van der Waals surface area contributed by atoms with E-state index in [2.05, 4.69) is 17.1 Å². The van der Waals surface area contributed by atoms with Gasteiger partial charge in [-0.1, -0.05) is 26.2 Å². The van der Waals surface area contributed by atoms with Crippen molar-refractivity contribution in [1.82, 2.24) is 10.2 Å². The number of ether oxygens (including phenoxy) is 1. The molecule has 2 rings (SSSR count). The van der Waals surface area contributed by atoms with Gasteiger partial charge >= 0.3 is 0 Å². The minimum Gasteiger partial charge on any atom is -0.396 e. The van der Waals surface area contributed by atoms with E-state index in [1.165, 1.54) is 6.42 Å². The summed E-state index contributed by atoms with van der Waals surface area (Å²) in [7, 11) is 0. The second-order valence-corrected chi connectivity index (χ2v) is 5.95. The van der Waals surface area contributed by atoms with E-state index in [0.717, 1.165) is 38.8 Å². The van der Waals surface area contributed by atoms with Crippen LogP contribution >= 0.6 is 0 Å². The predicted molar refractivity (Wildman–Crippen MR) is 77.4 cm³/mol. The molecule has 0 bridgehead atoms. The fourth-order valence-corrected chi connectivity index (χ4v) is 3.22. The van der Waals surface area contributed by atoms with Gasteiger partial charge in [0.15, 0.2) is 0 Å². The van der Waals surface area contributed by atoms with Crippen LogP contribution < -0.4 is 5.32 Å². The van der Waals surface area contributed by atoms with E-state index < -0.39 is 0 Å². The highest BCUT2D eigenvalue weighted by atomic mass is 16.5. The lowest BCUT2D eigenvalue weighted by Crippen LogP contribution is -2.53. The Morgan fingerprint density at radius 2 is 2.15 bits per heavy atom. The molecule has 1 saturated carbocycles. The number of carbonyl (C=O) groups is 1. The molecule has 0 aromatic carbocycles. The monoisotopic (exact) mass is 284 g/mol. The quantitative estimate of drug-likeness (QED) is 0.748. The van der Waals surface area contributed by atoms with Crippen molar-refractivity contribution >= 4 is 5.91 Å². The first kappa shape index (κ1) is 15.7. The highest BCUT2D eigenvalue weighted by Gasteiger charge is 2.30. The van der Waals surface area contributed by atoms with Crippen molar-refractivity contribution in [1.29, 1.82) is 0 Å². The van der Waals surface area contributed by atoms with Crippen molar-refractivity contribution in [3.63, 3.8) is 0 Å². The number of aliphatic hydroxyl groups is 1. The van der Waals surface area contributed by atoms with Crippen molar-refractivity contribution in [2.24, 2.45) is 5.92 Å². The largest absolute Gasteiger partial charge is 0.396 e. The maximum atomic E-state index is 12.4. The van der Waals surface area contributed by atoms with Gasteiger partial charge in [-0.05, 0) is 19.4 Å². The number of carbonyl (C=O) groups excluding carboxylic acids is 1. The van der Waals surface area contributed by atoms with Gasteiger partial charge in [-0.25, -0.2) is 0 Å². The Labute approximate surface area is 121 Å². The molecule has 1 amide bonds. The summed E-state index contributed by atoms with van der Waals surface area (Å²) in [5.41, 5.74) is 0. The molecule has 1 heterocycles. The molecule has 0 aromatic rings. The normalized spacial score (nSPS) is 32.6. The van der Waals surface area contributed by atoms with Gasteiger partial charge in [-0.15, -0.1) is 0 Å². The molecule has 5 heteroatoms. The summed E-state index contributed by atoms with van der Waals surface area (Å²) in [5.74, 6) is 0.195. The third-order valence-electron chi connectivity index (χ3n) is 4.61. The number of morpholine rings is 1. The standard InChI is InChI=1S/C15H28N2O3/c1-2-17-8-9-20-14(10-17)15(19)16-13-7-5-3-4-6-12(13)11-18/h12-14,18H,2-11H2,1H3,(H,16,19). The molecule has 116 valence electrons. The number of nitrogens with one attached hydrogen (secondary N) is 1. The first-order valence-corrected chi connectivity index (χ1v) is 7.99. The Morgan fingerprint density at radius 3 is 2.90 bits per heavy atom. The summed E-state index contributed by atoms with van der Waals surface area (Å²) in [6.45, 7) is 5.43.